The lowest BCUT2D eigenvalue weighted by Crippen LogP contribution is -2.48. The molecule has 0 saturated carbocycles. The summed E-state index contributed by atoms with van der Waals surface area (Å²) in [5, 5.41) is 18.0. The van der Waals surface area contributed by atoms with E-state index in [9.17, 15) is 36.3 Å². The van der Waals surface area contributed by atoms with Gasteiger partial charge in [0.25, 0.3) is 10.0 Å². The summed E-state index contributed by atoms with van der Waals surface area (Å²) >= 11 is 0. The summed E-state index contributed by atoms with van der Waals surface area (Å²) in [6, 6.07) is 3.86. The number of hydrogen-bond acceptors (Lipinski definition) is 8. The number of carbonyl (C=O) groups excluding carboxylic acids is 2. The molecule has 2 aromatic rings. The van der Waals surface area contributed by atoms with Crippen molar-refractivity contribution >= 4 is 33.4 Å². The molecule has 0 spiro atoms. The average molecular weight is 564 g/mol. The topological polar surface area (TPSA) is 152 Å². The summed E-state index contributed by atoms with van der Waals surface area (Å²) in [6.07, 6.45) is -5.74. The minimum Gasteiger partial charge on any atom is -0.484 e. The number of anilines is 2. The fourth-order valence-corrected chi connectivity index (χ4v) is 5.17. The Bertz CT molecular complexity index is 1310. The zero-order chi connectivity index (χ0) is 28.5. The molecule has 210 valence electrons. The van der Waals surface area contributed by atoms with Gasteiger partial charge in [0.15, 0.2) is 0 Å². The minimum atomic E-state index is -4.82. The fraction of sp³-hybridized carbons (Fsp3) is 0.500. The molecule has 0 bridgehead atoms. The highest BCUT2D eigenvalue weighted by Crippen LogP contribution is 2.40. The standard InChI is InChI=1S/C22H28F3N5O7S/c1-13-19(12-29(28-13)7-8-31)38(34,35)30-11-16(10-26-14(2)32)36-18-6-5-15(9-17(18)30)27-20(33)37-21(3,4)22(23,24)25/h5-6,9,12,16,31H,7-8,10-11H2,1-4H3,(H,26,32)(H,27,33). The van der Waals surface area contributed by atoms with E-state index >= 15 is 0 Å². The van der Waals surface area contributed by atoms with E-state index in [0.29, 0.717) is 13.8 Å². The Morgan fingerprint density at radius 2 is 1.97 bits per heavy atom. The van der Waals surface area contributed by atoms with E-state index in [2.05, 4.69) is 20.5 Å². The van der Waals surface area contributed by atoms with Crippen molar-refractivity contribution in [2.45, 2.75) is 57.0 Å². The van der Waals surface area contributed by atoms with E-state index in [-0.39, 0.29) is 59.9 Å². The molecule has 1 aromatic heterocycles. The van der Waals surface area contributed by atoms with Crippen molar-refractivity contribution in [1.29, 1.82) is 0 Å². The Morgan fingerprint density at radius 3 is 2.58 bits per heavy atom. The number of aliphatic hydroxyl groups is 1. The van der Waals surface area contributed by atoms with Crippen LogP contribution in [-0.4, -0.2) is 72.9 Å². The van der Waals surface area contributed by atoms with Crippen LogP contribution in [0.4, 0.5) is 29.3 Å². The van der Waals surface area contributed by atoms with Gasteiger partial charge in [-0.15, -0.1) is 0 Å². The maximum Gasteiger partial charge on any atom is 0.427 e. The molecule has 0 radical (unpaired) electrons. The molecule has 16 heteroatoms. The van der Waals surface area contributed by atoms with Crippen molar-refractivity contribution in [3.05, 3.63) is 30.1 Å². The predicted octanol–water partition coefficient (Wildman–Crippen LogP) is 2.17. The zero-order valence-corrected chi connectivity index (χ0v) is 21.8. The van der Waals surface area contributed by atoms with Crippen LogP contribution in [0.15, 0.2) is 29.3 Å². The highest BCUT2D eigenvalue weighted by atomic mass is 32.2. The summed E-state index contributed by atoms with van der Waals surface area (Å²) in [4.78, 5) is 23.4. The van der Waals surface area contributed by atoms with Crippen molar-refractivity contribution in [1.82, 2.24) is 15.1 Å². The predicted molar refractivity (Wildman–Crippen MR) is 128 cm³/mol. The van der Waals surface area contributed by atoms with Gasteiger partial charge in [-0.3, -0.25) is 19.1 Å². The van der Waals surface area contributed by atoms with Gasteiger partial charge < -0.3 is 19.9 Å². The third-order valence-corrected chi connectivity index (χ3v) is 7.43. The summed E-state index contributed by atoms with van der Waals surface area (Å²) in [5.41, 5.74) is -2.67. The molecule has 1 aromatic carbocycles. The lowest BCUT2D eigenvalue weighted by molar-refractivity contribution is -0.242. The summed E-state index contributed by atoms with van der Waals surface area (Å²) < 4.78 is 79.4. The Labute approximate surface area is 216 Å². The number of fused-ring (bicyclic) bond motifs is 1. The number of ether oxygens (including phenoxy) is 2. The number of aliphatic hydroxyl groups excluding tert-OH is 1. The quantitative estimate of drug-likeness (QED) is 0.442. The first-order valence-corrected chi connectivity index (χ1v) is 12.8. The summed E-state index contributed by atoms with van der Waals surface area (Å²) in [6.45, 7) is 3.69. The number of hydrogen-bond donors (Lipinski definition) is 3. The van der Waals surface area contributed by atoms with Gasteiger partial charge in [0.1, 0.15) is 16.7 Å². The van der Waals surface area contributed by atoms with Gasteiger partial charge in [-0.1, -0.05) is 0 Å². The largest absolute Gasteiger partial charge is 0.484 e. The lowest BCUT2D eigenvalue weighted by atomic mass is 10.1. The Hall–Kier alpha value is -3.53. The van der Waals surface area contributed by atoms with Crippen LogP contribution in [0.1, 0.15) is 26.5 Å². The Balaban J connectivity index is 1.98. The van der Waals surface area contributed by atoms with Crippen LogP contribution >= 0.6 is 0 Å². The van der Waals surface area contributed by atoms with Crippen LogP contribution in [0.5, 0.6) is 5.75 Å². The van der Waals surface area contributed by atoms with Gasteiger partial charge in [-0.2, -0.15) is 18.3 Å². The smallest absolute Gasteiger partial charge is 0.427 e. The van der Waals surface area contributed by atoms with Gasteiger partial charge in [-0.25, -0.2) is 13.2 Å². The number of alkyl halides is 3. The molecular weight excluding hydrogens is 535 g/mol. The maximum absolute atomic E-state index is 13.7. The molecule has 1 unspecified atom stereocenters. The highest BCUT2D eigenvalue weighted by Gasteiger charge is 2.51. The fourth-order valence-electron chi connectivity index (χ4n) is 3.50. The molecule has 0 fully saturated rings. The molecule has 1 aliphatic heterocycles. The number of nitrogens with zero attached hydrogens (tertiary/aromatic N) is 3. The number of carbonyl (C=O) groups is 2. The van der Waals surface area contributed by atoms with Gasteiger partial charge in [0.2, 0.25) is 11.5 Å². The molecule has 1 aliphatic rings. The van der Waals surface area contributed by atoms with Crippen molar-refractivity contribution in [2.75, 3.05) is 29.3 Å². The van der Waals surface area contributed by atoms with Crippen LogP contribution < -0.4 is 19.7 Å². The molecule has 3 N–H and O–H groups in total. The second-order valence-electron chi connectivity index (χ2n) is 8.98. The molecule has 38 heavy (non-hydrogen) atoms. The highest BCUT2D eigenvalue weighted by molar-refractivity contribution is 7.92. The van der Waals surface area contributed by atoms with Gasteiger partial charge >= 0.3 is 12.3 Å². The summed E-state index contributed by atoms with van der Waals surface area (Å²) in [5.74, 6) is -0.264. The SMILES string of the molecule is CC(=O)NCC1CN(S(=O)(=O)c2cn(CCO)nc2C)c2cc(NC(=O)OC(C)(C)C(F)(F)F)ccc2O1. The normalized spacial score (nSPS) is 15.9. The first-order chi connectivity index (χ1) is 17.5. The van der Waals surface area contributed by atoms with Gasteiger partial charge in [0, 0.05) is 18.8 Å². The van der Waals surface area contributed by atoms with Crippen LogP contribution in [0.25, 0.3) is 0 Å². The van der Waals surface area contributed by atoms with Crippen molar-refractivity contribution in [3.8, 4) is 5.75 Å². The molecule has 2 heterocycles. The van der Waals surface area contributed by atoms with Crippen LogP contribution in [0.3, 0.4) is 0 Å². The molecule has 0 aliphatic carbocycles. The molecule has 3 rings (SSSR count). The number of halogens is 3. The number of benzene rings is 1. The van der Waals surface area contributed by atoms with E-state index in [0.717, 1.165) is 4.31 Å². The molecule has 0 saturated heterocycles. The second kappa shape index (κ2) is 10.7. The van der Waals surface area contributed by atoms with E-state index in [1.807, 2.05) is 0 Å². The number of amides is 2. The number of aryl methyl sites for hydroxylation is 1. The molecular formula is C22H28F3N5O7S. The first kappa shape index (κ1) is 29.0. The van der Waals surface area contributed by atoms with Crippen LogP contribution in [-0.2, 0) is 26.1 Å². The zero-order valence-electron chi connectivity index (χ0n) is 21.0. The second-order valence-corrected chi connectivity index (χ2v) is 10.8. The van der Waals surface area contributed by atoms with E-state index < -0.39 is 34.0 Å². The molecule has 1 atom stereocenters. The van der Waals surface area contributed by atoms with Gasteiger partial charge in [-0.05, 0) is 39.0 Å². The van der Waals surface area contributed by atoms with Crippen LogP contribution in [0.2, 0.25) is 0 Å². The van der Waals surface area contributed by atoms with E-state index in [1.54, 1.807) is 0 Å². The van der Waals surface area contributed by atoms with Crippen molar-refractivity contribution in [3.63, 3.8) is 0 Å². The molecule has 2 amide bonds. The number of aromatic nitrogens is 2. The van der Waals surface area contributed by atoms with Gasteiger partial charge in [0.05, 0.1) is 37.6 Å². The number of sulfonamides is 1. The molecule has 12 nitrogen and oxygen atoms in total. The van der Waals surface area contributed by atoms with E-state index in [4.69, 9.17) is 4.74 Å². The first-order valence-electron chi connectivity index (χ1n) is 11.3. The monoisotopic (exact) mass is 563 g/mol. The maximum atomic E-state index is 13.7. The Kier molecular flexibility index (Phi) is 8.16. The van der Waals surface area contributed by atoms with Crippen LogP contribution in [0, 0.1) is 6.92 Å². The van der Waals surface area contributed by atoms with E-state index in [1.165, 1.54) is 42.9 Å². The Morgan fingerprint density at radius 1 is 1.29 bits per heavy atom. The van der Waals surface area contributed by atoms with Crippen molar-refractivity contribution < 1.29 is 45.8 Å². The minimum absolute atomic E-state index is 0.00809. The number of nitrogens with one attached hydrogen (secondary N) is 2. The third kappa shape index (κ3) is 6.30. The number of rotatable bonds is 8. The third-order valence-electron chi connectivity index (χ3n) is 5.54. The lowest BCUT2D eigenvalue weighted by Gasteiger charge is -2.35. The average Bonchev–Trinajstić information content (AvgIpc) is 3.17. The summed E-state index contributed by atoms with van der Waals surface area (Å²) in [7, 11) is -4.29. The van der Waals surface area contributed by atoms with Crippen molar-refractivity contribution in [2.24, 2.45) is 0 Å².